The molecule has 0 aliphatic carbocycles. The number of carbonyl (C=O) groups is 1. The molecule has 0 radical (unpaired) electrons. The summed E-state index contributed by atoms with van der Waals surface area (Å²) in [7, 11) is 3.09. The number of fused-ring (bicyclic) bond motifs is 1. The predicted octanol–water partition coefficient (Wildman–Crippen LogP) is 3.52. The maximum absolute atomic E-state index is 12.6. The summed E-state index contributed by atoms with van der Waals surface area (Å²) >= 11 is 7.77. The van der Waals surface area contributed by atoms with Crippen LogP contribution in [0.1, 0.15) is 10.4 Å². The zero-order chi connectivity index (χ0) is 21.8. The highest BCUT2D eigenvalue weighted by Crippen LogP contribution is 2.32. The van der Waals surface area contributed by atoms with Crippen molar-refractivity contribution in [1.29, 1.82) is 0 Å². The van der Waals surface area contributed by atoms with Crippen molar-refractivity contribution in [2.24, 2.45) is 0 Å². The normalized spacial score (nSPS) is 14.6. The number of aromatic nitrogens is 1. The second-order valence-electron chi connectivity index (χ2n) is 7.23. The lowest BCUT2D eigenvalue weighted by Gasteiger charge is -2.34. The van der Waals surface area contributed by atoms with Gasteiger partial charge in [0.2, 0.25) is 0 Å². The monoisotopic (exact) mass is 460 g/mol. The molecule has 31 heavy (non-hydrogen) atoms. The Labute approximate surface area is 190 Å². The van der Waals surface area contributed by atoms with Crippen LogP contribution in [0.5, 0.6) is 11.5 Å². The maximum atomic E-state index is 12.6. The number of ether oxygens (including phenoxy) is 2. The highest BCUT2D eigenvalue weighted by molar-refractivity contribution is 7.22. The van der Waals surface area contributed by atoms with Crippen molar-refractivity contribution in [2.75, 3.05) is 58.4 Å². The Morgan fingerprint density at radius 2 is 1.97 bits per heavy atom. The van der Waals surface area contributed by atoms with Gasteiger partial charge in [-0.25, -0.2) is 4.98 Å². The Balaban J connectivity index is 1.27. The van der Waals surface area contributed by atoms with E-state index in [1.165, 1.54) is 7.11 Å². The summed E-state index contributed by atoms with van der Waals surface area (Å²) in [5.74, 6) is 0.833. The van der Waals surface area contributed by atoms with Crippen molar-refractivity contribution >= 4 is 44.2 Å². The van der Waals surface area contributed by atoms with E-state index in [9.17, 15) is 4.79 Å². The molecule has 9 heteroatoms. The Bertz CT molecular complexity index is 1070. The second-order valence-corrected chi connectivity index (χ2v) is 8.68. The maximum Gasteiger partial charge on any atom is 0.255 e. The Hall–Kier alpha value is -2.55. The standard InChI is InChI=1S/C22H25ClN4O3S/c1-29-18-5-3-4-16(20(18)30-2)21(28)24-8-9-26-10-12-27(13-11-26)22-25-17-7-6-15(23)14-19(17)31-22/h3-7,14H,8-13H2,1-2H3,(H,24,28). The van der Waals surface area contributed by atoms with Gasteiger partial charge in [0.25, 0.3) is 5.91 Å². The van der Waals surface area contributed by atoms with Crippen LogP contribution in [0.2, 0.25) is 5.02 Å². The van der Waals surface area contributed by atoms with E-state index in [4.69, 9.17) is 26.1 Å². The SMILES string of the molecule is COc1cccc(C(=O)NCCN2CCN(c3nc4ccc(Cl)cc4s3)CC2)c1OC. The number of hydrogen-bond donors (Lipinski definition) is 1. The number of carbonyl (C=O) groups excluding carboxylic acids is 1. The first kappa shape index (κ1) is 21.7. The average molecular weight is 461 g/mol. The zero-order valence-corrected chi connectivity index (χ0v) is 19.1. The molecule has 0 bridgehead atoms. The molecule has 1 saturated heterocycles. The number of rotatable bonds is 7. The lowest BCUT2D eigenvalue weighted by molar-refractivity contribution is 0.0944. The van der Waals surface area contributed by atoms with Gasteiger partial charge < -0.3 is 19.7 Å². The third kappa shape index (κ3) is 4.87. The largest absolute Gasteiger partial charge is 0.493 e. The first-order valence-electron chi connectivity index (χ1n) is 10.1. The van der Waals surface area contributed by atoms with Gasteiger partial charge in [0.15, 0.2) is 16.6 Å². The molecule has 164 valence electrons. The molecule has 1 N–H and O–H groups in total. The summed E-state index contributed by atoms with van der Waals surface area (Å²) < 4.78 is 11.7. The third-order valence-corrected chi connectivity index (χ3v) is 6.66. The molecule has 7 nitrogen and oxygen atoms in total. The van der Waals surface area contributed by atoms with E-state index < -0.39 is 0 Å². The summed E-state index contributed by atoms with van der Waals surface area (Å²) in [6.07, 6.45) is 0. The van der Waals surface area contributed by atoms with Crippen LogP contribution in [-0.4, -0.2) is 69.3 Å². The van der Waals surface area contributed by atoms with Crippen molar-refractivity contribution in [1.82, 2.24) is 15.2 Å². The number of para-hydroxylation sites is 1. The number of piperazine rings is 1. The molecule has 0 saturated carbocycles. The van der Waals surface area contributed by atoms with Crippen LogP contribution >= 0.6 is 22.9 Å². The molecule has 0 spiro atoms. The number of nitrogens with zero attached hydrogens (tertiary/aromatic N) is 3. The molecule has 2 heterocycles. The quantitative estimate of drug-likeness (QED) is 0.582. The van der Waals surface area contributed by atoms with Crippen molar-refractivity contribution < 1.29 is 14.3 Å². The highest BCUT2D eigenvalue weighted by atomic mass is 35.5. The number of benzene rings is 2. The van der Waals surface area contributed by atoms with Crippen LogP contribution < -0.4 is 19.7 Å². The number of hydrogen-bond acceptors (Lipinski definition) is 7. The minimum absolute atomic E-state index is 0.164. The fourth-order valence-electron chi connectivity index (χ4n) is 3.67. The number of amides is 1. The number of methoxy groups -OCH3 is 2. The summed E-state index contributed by atoms with van der Waals surface area (Å²) in [6.45, 7) is 5.03. The topological polar surface area (TPSA) is 66.9 Å². The van der Waals surface area contributed by atoms with Crippen LogP contribution in [0.4, 0.5) is 5.13 Å². The Kier molecular flexibility index (Phi) is 6.80. The van der Waals surface area contributed by atoms with E-state index in [-0.39, 0.29) is 5.91 Å². The molecule has 4 rings (SSSR count). The fraction of sp³-hybridized carbons (Fsp3) is 0.364. The second kappa shape index (κ2) is 9.72. The molecule has 0 unspecified atom stereocenters. The number of halogens is 1. The minimum Gasteiger partial charge on any atom is -0.493 e. The van der Waals surface area contributed by atoms with Crippen LogP contribution in [0, 0.1) is 0 Å². The van der Waals surface area contributed by atoms with Gasteiger partial charge in [-0.1, -0.05) is 29.0 Å². The molecule has 1 fully saturated rings. The summed E-state index contributed by atoms with van der Waals surface area (Å²) in [4.78, 5) is 22.0. The Morgan fingerprint density at radius 1 is 1.16 bits per heavy atom. The van der Waals surface area contributed by atoms with E-state index in [0.717, 1.165) is 53.1 Å². The molecule has 1 aromatic heterocycles. The van der Waals surface area contributed by atoms with Crippen molar-refractivity contribution in [3.8, 4) is 11.5 Å². The number of thiazole rings is 1. The third-order valence-electron chi connectivity index (χ3n) is 5.34. The van der Waals surface area contributed by atoms with E-state index in [0.29, 0.717) is 23.6 Å². The average Bonchev–Trinajstić information content (AvgIpc) is 3.22. The summed E-state index contributed by atoms with van der Waals surface area (Å²) in [5, 5.41) is 4.76. The summed E-state index contributed by atoms with van der Waals surface area (Å²) in [6, 6.07) is 11.1. The van der Waals surface area contributed by atoms with Crippen LogP contribution in [0.15, 0.2) is 36.4 Å². The summed E-state index contributed by atoms with van der Waals surface area (Å²) in [5.41, 5.74) is 1.46. The first-order chi connectivity index (χ1) is 15.1. The van der Waals surface area contributed by atoms with E-state index in [1.807, 2.05) is 18.2 Å². The lowest BCUT2D eigenvalue weighted by Crippen LogP contribution is -2.48. The van der Waals surface area contributed by atoms with Gasteiger partial charge in [-0.05, 0) is 30.3 Å². The van der Waals surface area contributed by atoms with Crippen LogP contribution in [0.3, 0.4) is 0 Å². The van der Waals surface area contributed by atoms with Gasteiger partial charge in [0, 0.05) is 44.3 Å². The van der Waals surface area contributed by atoms with Crippen molar-refractivity contribution in [2.45, 2.75) is 0 Å². The van der Waals surface area contributed by atoms with Crippen molar-refractivity contribution in [3.05, 3.63) is 47.0 Å². The smallest absolute Gasteiger partial charge is 0.255 e. The molecule has 1 aliphatic heterocycles. The van der Waals surface area contributed by atoms with Gasteiger partial charge in [-0.15, -0.1) is 0 Å². The molecular formula is C22H25ClN4O3S. The van der Waals surface area contributed by atoms with E-state index in [2.05, 4.69) is 15.1 Å². The highest BCUT2D eigenvalue weighted by Gasteiger charge is 2.21. The molecule has 2 aromatic carbocycles. The number of anilines is 1. The molecule has 1 amide bonds. The van der Waals surface area contributed by atoms with Gasteiger partial charge in [0.05, 0.1) is 30.0 Å². The van der Waals surface area contributed by atoms with Crippen LogP contribution in [0.25, 0.3) is 10.2 Å². The van der Waals surface area contributed by atoms with E-state index in [1.54, 1.807) is 36.6 Å². The van der Waals surface area contributed by atoms with Gasteiger partial charge in [-0.3, -0.25) is 9.69 Å². The molecular weight excluding hydrogens is 436 g/mol. The first-order valence-corrected chi connectivity index (χ1v) is 11.3. The lowest BCUT2D eigenvalue weighted by atomic mass is 10.1. The predicted molar refractivity (Wildman–Crippen MR) is 125 cm³/mol. The Morgan fingerprint density at radius 3 is 2.71 bits per heavy atom. The fourth-order valence-corrected chi connectivity index (χ4v) is 4.97. The van der Waals surface area contributed by atoms with Gasteiger partial charge in [0.1, 0.15) is 0 Å². The zero-order valence-electron chi connectivity index (χ0n) is 17.6. The van der Waals surface area contributed by atoms with Gasteiger partial charge in [-0.2, -0.15) is 0 Å². The van der Waals surface area contributed by atoms with Gasteiger partial charge >= 0.3 is 0 Å². The van der Waals surface area contributed by atoms with Crippen LogP contribution in [-0.2, 0) is 0 Å². The molecule has 3 aromatic rings. The minimum atomic E-state index is -0.164. The molecule has 0 atom stereocenters. The van der Waals surface area contributed by atoms with E-state index >= 15 is 0 Å². The number of nitrogens with one attached hydrogen (secondary N) is 1. The van der Waals surface area contributed by atoms with Crippen molar-refractivity contribution in [3.63, 3.8) is 0 Å². The molecule has 1 aliphatic rings.